The minimum absolute atomic E-state index is 0.405. The lowest BCUT2D eigenvalue weighted by atomic mass is 10.1. The van der Waals surface area contributed by atoms with Gasteiger partial charge in [0.2, 0.25) is 0 Å². The topological polar surface area (TPSA) is 28.1 Å². The van der Waals surface area contributed by atoms with Gasteiger partial charge < -0.3 is 14.5 Å². The minimum Gasteiger partial charge on any atom is -0.378 e. The highest BCUT2D eigenvalue weighted by Crippen LogP contribution is 2.29. The molecule has 0 aliphatic carbocycles. The third-order valence-corrected chi connectivity index (χ3v) is 3.44. The van der Waals surface area contributed by atoms with Gasteiger partial charge in [0.25, 0.3) is 0 Å². The Bertz CT molecular complexity index is 453. The van der Waals surface area contributed by atoms with Crippen LogP contribution < -0.4 is 4.90 Å². The third kappa shape index (κ3) is 3.51. The maximum absolute atomic E-state index is 5.43. The van der Waals surface area contributed by atoms with Crippen LogP contribution in [0.15, 0.2) is 29.3 Å². The molecule has 0 bridgehead atoms. The smallest absolute Gasteiger partial charge is 0.107 e. The second-order valence-corrected chi connectivity index (χ2v) is 5.61. The fourth-order valence-electron chi connectivity index (χ4n) is 2.50. The number of nitrogens with zero attached hydrogens (tertiary/aromatic N) is 3. The summed E-state index contributed by atoms with van der Waals surface area (Å²) in [5.41, 5.74) is 2.25. The van der Waals surface area contributed by atoms with Crippen LogP contribution in [0, 0.1) is 5.92 Å². The summed E-state index contributed by atoms with van der Waals surface area (Å²) in [5, 5.41) is 0. The summed E-state index contributed by atoms with van der Waals surface area (Å²) in [7, 11) is 4.10. The molecule has 1 aromatic carbocycles. The molecule has 110 valence electrons. The molecule has 1 aromatic rings. The molecule has 20 heavy (non-hydrogen) atoms. The monoisotopic (exact) mass is 275 g/mol. The van der Waals surface area contributed by atoms with Gasteiger partial charge in [0.05, 0.1) is 24.6 Å². The fourth-order valence-corrected chi connectivity index (χ4v) is 2.50. The molecular weight excluding hydrogens is 250 g/mol. The fraction of sp³-hybridized carbons (Fsp3) is 0.562. The van der Waals surface area contributed by atoms with Crippen molar-refractivity contribution in [2.45, 2.75) is 13.8 Å². The number of hydrogen-bond acceptors (Lipinski definition) is 3. The highest BCUT2D eigenvalue weighted by Gasteiger charge is 2.15. The number of hydrogen-bond donors (Lipinski definition) is 0. The molecular formula is C16H25N3O. The maximum Gasteiger partial charge on any atom is 0.107 e. The summed E-state index contributed by atoms with van der Waals surface area (Å²) >= 11 is 0. The summed E-state index contributed by atoms with van der Waals surface area (Å²) in [4.78, 5) is 9.35. The first-order valence-corrected chi connectivity index (χ1v) is 7.27. The lowest BCUT2D eigenvalue weighted by Gasteiger charge is -2.30. The van der Waals surface area contributed by atoms with Crippen LogP contribution in [-0.4, -0.2) is 51.1 Å². The lowest BCUT2D eigenvalue weighted by Crippen LogP contribution is -2.36. The third-order valence-electron chi connectivity index (χ3n) is 3.44. The second-order valence-electron chi connectivity index (χ2n) is 5.61. The molecule has 0 N–H and O–H groups in total. The molecule has 0 aromatic heterocycles. The van der Waals surface area contributed by atoms with Gasteiger partial charge in [0, 0.05) is 33.1 Å². The molecule has 0 radical (unpaired) electrons. The number of para-hydroxylation sites is 2. The summed E-state index contributed by atoms with van der Waals surface area (Å²) in [6.45, 7) is 7.81. The molecule has 1 heterocycles. The zero-order valence-corrected chi connectivity index (χ0v) is 13.0. The van der Waals surface area contributed by atoms with E-state index < -0.39 is 0 Å². The summed E-state index contributed by atoms with van der Waals surface area (Å²) in [5.74, 6) is 1.51. The predicted molar refractivity (Wildman–Crippen MR) is 85.1 cm³/mol. The van der Waals surface area contributed by atoms with E-state index in [1.807, 2.05) is 0 Å². The van der Waals surface area contributed by atoms with Crippen molar-refractivity contribution in [2.75, 3.05) is 45.3 Å². The quantitative estimate of drug-likeness (QED) is 0.627. The highest BCUT2D eigenvalue weighted by atomic mass is 16.5. The van der Waals surface area contributed by atoms with Gasteiger partial charge in [-0.05, 0) is 12.1 Å². The molecule has 1 aliphatic rings. The Balaban J connectivity index is 2.33. The Labute approximate surface area is 122 Å². The van der Waals surface area contributed by atoms with E-state index in [0.717, 1.165) is 37.8 Å². The number of rotatable bonds is 3. The molecule has 1 aliphatic heterocycles. The Kier molecular flexibility index (Phi) is 5.01. The molecule has 0 spiro atoms. The van der Waals surface area contributed by atoms with Gasteiger partial charge in [-0.3, -0.25) is 0 Å². The molecule has 0 unspecified atom stereocenters. The average Bonchev–Trinajstić information content (AvgIpc) is 2.45. The minimum atomic E-state index is 0.405. The molecule has 4 heteroatoms. The van der Waals surface area contributed by atoms with Crippen molar-refractivity contribution in [3.8, 4) is 0 Å². The number of aliphatic imine (C=N–C) groups is 1. The van der Waals surface area contributed by atoms with Crippen LogP contribution in [0.2, 0.25) is 0 Å². The van der Waals surface area contributed by atoms with Gasteiger partial charge in [0.1, 0.15) is 5.84 Å². The molecule has 1 saturated heterocycles. The van der Waals surface area contributed by atoms with Crippen LogP contribution in [0.1, 0.15) is 13.8 Å². The molecule has 0 atom stereocenters. The van der Waals surface area contributed by atoms with Crippen molar-refractivity contribution < 1.29 is 4.74 Å². The molecule has 0 saturated carbocycles. The first kappa shape index (κ1) is 14.9. The van der Waals surface area contributed by atoms with Crippen molar-refractivity contribution in [3.63, 3.8) is 0 Å². The Hall–Kier alpha value is -1.55. The summed E-state index contributed by atoms with van der Waals surface area (Å²) in [6.07, 6.45) is 0. The number of benzene rings is 1. The first-order valence-electron chi connectivity index (χ1n) is 7.27. The Morgan fingerprint density at radius 2 is 1.85 bits per heavy atom. The van der Waals surface area contributed by atoms with Crippen molar-refractivity contribution in [1.29, 1.82) is 0 Å². The largest absolute Gasteiger partial charge is 0.378 e. The number of anilines is 1. The Morgan fingerprint density at radius 3 is 2.45 bits per heavy atom. The number of ether oxygens (including phenoxy) is 1. The van der Waals surface area contributed by atoms with Gasteiger partial charge >= 0.3 is 0 Å². The van der Waals surface area contributed by atoms with Crippen LogP contribution in [-0.2, 0) is 4.74 Å². The van der Waals surface area contributed by atoms with Crippen molar-refractivity contribution in [2.24, 2.45) is 10.9 Å². The van der Waals surface area contributed by atoms with Crippen LogP contribution in [0.4, 0.5) is 11.4 Å². The average molecular weight is 275 g/mol. The number of amidine groups is 1. The SMILES string of the molecule is CC(C)C(=Nc1ccccc1N1CCOCC1)N(C)C. The van der Waals surface area contributed by atoms with Crippen molar-refractivity contribution in [3.05, 3.63) is 24.3 Å². The standard InChI is InChI=1S/C16H25N3O/c1-13(2)16(18(3)4)17-14-7-5-6-8-15(14)19-9-11-20-12-10-19/h5-8,13H,9-12H2,1-4H3. The van der Waals surface area contributed by atoms with Crippen LogP contribution >= 0.6 is 0 Å². The Morgan fingerprint density at radius 1 is 1.20 bits per heavy atom. The summed E-state index contributed by atoms with van der Waals surface area (Å²) < 4.78 is 5.43. The number of morpholine rings is 1. The van der Waals surface area contributed by atoms with E-state index in [4.69, 9.17) is 9.73 Å². The van der Waals surface area contributed by atoms with E-state index >= 15 is 0 Å². The van der Waals surface area contributed by atoms with E-state index in [-0.39, 0.29) is 0 Å². The van der Waals surface area contributed by atoms with E-state index in [1.54, 1.807) is 0 Å². The van der Waals surface area contributed by atoms with Gasteiger partial charge in [-0.25, -0.2) is 4.99 Å². The van der Waals surface area contributed by atoms with Gasteiger partial charge in [-0.15, -0.1) is 0 Å². The molecule has 2 rings (SSSR count). The van der Waals surface area contributed by atoms with Crippen LogP contribution in [0.5, 0.6) is 0 Å². The van der Waals surface area contributed by atoms with Gasteiger partial charge in [-0.2, -0.15) is 0 Å². The van der Waals surface area contributed by atoms with E-state index in [2.05, 4.69) is 62.0 Å². The van der Waals surface area contributed by atoms with E-state index in [1.165, 1.54) is 5.69 Å². The van der Waals surface area contributed by atoms with Gasteiger partial charge in [-0.1, -0.05) is 26.0 Å². The molecule has 1 fully saturated rings. The first-order chi connectivity index (χ1) is 9.59. The van der Waals surface area contributed by atoms with Gasteiger partial charge in [0.15, 0.2) is 0 Å². The van der Waals surface area contributed by atoms with Crippen LogP contribution in [0.25, 0.3) is 0 Å². The van der Waals surface area contributed by atoms with Crippen molar-refractivity contribution >= 4 is 17.2 Å². The highest BCUT2D eigenvalue weighted by molar-refractivity contribution is 5.88. The zero-order valence-electron chi connectivity index (χ0n) is 13.0. The van der Waals surface area contributed by atoms with E-state index in [0.29, 0.717) is 5.92 Å². The van der Waals surface area contributed by atoms with E-state index in [9.17, 15) is 0 Å². The predicted octanol–water partition coefficient (Wildman–Crippen LogP) is 2.77. The molecule has 4 nitrogen and oxygen atoms in total. The van der Waals surface area contributed by atoms with Crippen LogP contribution in [0.3, 0.4) is 0 Å². The summed E-state index contributed by atoms with van der Waals surface area (Å²) in [6, 6.07) is 8.37. The normalized spacial score (nSPS) is 16.6. The zero-order chi connectivity index (χ0) is 14.5. The maximum atomic E-state index is 5.43. The second kappa shape index (κ2) is 6.75. The lowest BCUT2D eigenvalue weighted by molar-refractivity contribution is 0.123. The molecule has 0 amide bonds. The van der Waals surface area contributed by atoms with Crippen molar-refractivity contribution in [1.82, 2.24) is 4.90 Å².